The molecule has 4 N–H and O–H groups in total. The molecule has 60 heavy (non-hydrogen) atoms. The highest BCUT2D eigenvalue weighted by Crippen LogP contribution is 2.43. The maximum absolute atomic E-state index is 13.8. The highest BCUT2D eigenvalue weighted by Gasteiger charge is 2.31. The molecular formula is C42H47BrClN7O8S. The number of anilines is 3. The number of hydrogen-bond donors (Lipinski definition) is 3. The summed E-state index contributed by atoms with van der Waals surface area (Å²) in [5.41, 5.74) is 10.5. The standard InChI is InChI=1S/C42H47BrClN7O8S/c1-42(2)12-11-28(35(22-42)27-3-5-29(44)6-4-27)25-49-13-15-50(16-14-49)30-7-9-34(39(19-30)59-31-20-36(43)40(45)47-23-31)41(52)48-60(55,56)33-8-10-37(38(21-33)51(53)54)46-24-32-26-57-17-18-58-32/h3-10,19-21,23,32,46H,11-18,22,24-26H2,1-2H3,(H2,45,47)(H,48,52). The molecule has 4 aromatic rings. The third-order valence-electron chi connectivity index (χ3n) is 10.9. The molecule has 0 bridgehead atoms. The van der Waals surface area contributed by atoms with Crippen molar-refractivity contribution in [1.29, 1.82) is 0 Å². The van der Waals surface area contributed by atoms with E-state index in [0.29, 0.717) is 37.4 Å². The van der Waals surface area contributed by atoms with Crippen molar-refractivity contribution < 1.29 is 32.3 Å². The van der Waals surface area contributed by atoms with Crippen LogP contribution < -0.4 is 25.4 Å². The Hall–Kier alpha value is -4.78. The maximum Gasteiger partial charge on any atom is 0.293 e. The third-order valence-corrected chi connectivity index (χ3v) is 13.1. The first-order chi connectivity index (χ1) is 28.6. The summed E-state index contributed by atoms with van der Waals surface area (Å²) in [4.78, 5) is 33.5. The number of nitrogen functional groups attached to an aromatic ring is 1. The van der Waals surface area contributed by atoms with Crippen LogP contribution in [-0.4, -0.2) is 94.3 Å². The van der Waals surface area contributed by atoms with Crippen LogP contribution in [0.1, 0.15) is 49.0 Å². The zero-order valence-electron chi connectivity index (χ0n) is 33.3. The number of nitrogens with two attached hydrogens (primary N) is 1. The molecule has 0 saturated carbocycles. The Bertz CT molecular complexity index is 2390. The van der Waals surface area contributed by atoms with Gasteiger partial charge in [-0.15, -0.1) is 0 Å². The summed E-state index contributed by atoms with van der Waals surface area (Å²) in [6.45, 7) is 9.92. The van der Waals surface area contributed by atoms with E-state index in [-0.39, 0.29) is 46.6 Å². The summed E-state index contributed by atoms with van der Waals surface area (Å²) in [5.74, 6) is -0.441. The number of ether oxygens (including phenoxy) is 3. The van der Waals surface area contributed by atoms with Crippen LogP contribution in [0.2, 0.25) is 5.02 Å². The number of carbonyl (C=O) groups is 1. The molecule has 18 heteroatoms. The first-order valence-corrected chi connectivity index (χ1v) is 22.3. The van der Waals surface area contributed by atoms with Crippen molar-refractivity contribution in [2.75, 3.05) is 75.0 Å². The molecule has 3 aromatic carbocycles. The van der Waals surface area contributed by atoms with E-state index in [1.165, 1.54) is 41.1 Å². The Morgan fingerprint density at radius 3 is 2.55 bits per heavy atom. The molecule has 15 nitrogen and oxygen atoms in total. The van der Waals surface area contributed by atoms with Gasteiger partial charge in [0.1, 0.15) is 23.0 Å². The normalized spacial score (nSPS) is 18.5. The topological polar surface area (TPSA) is 191 Å². The van der Waals surface area contributed by atoms with E-state index in [1.54, 1.807) is 18.2 Å². The number of nitro groups is 1. The Balaban J connectivity index is 1.08. The number of halogens is 2. The van der Waals surface area contributed by atoms with Gasteiger partial charge in [-0.25, -0.2) is 18.1 Å². The highest BCUT2D eigenvalue weighted by atomic mass is 79.9. The quantitative estimate of drug-likeness (QED) is 0.0883. The fourth-order valence-corrected chi connectivity index (χ4v) is 9.02. The zero-order valence-corrected chi connectivity index (χ0v) is 36.4. The van der Waals surface area contributed by atoms with Crippen LogP contribution in [0.5, 0.6) is 11.5 Å². The van der Waals surface area contributed by atoms with Gasteiger partial charge in [0.25, 0.3) is 21.6 Å². The maximum atomic E-state index is 13.8. The van der Waals surface area contributed by atoms with Gasteiger partial charge in [0, 0.05) is 68.2 Å². The Morgan fingerprint density at radius 2 is 1.85 bits per heavy atom. The monoisotopic (exact) mass is 923 g/mol. The first kappa shape index (κ1) is 43.3. The number of pyridine rings is 1. The van der Waals surface area contributed by atoms with Crippen molar-refractivity contribution >= 4 is 71.9 Å². The average molecular weight is 925 g/mol. The lowest BCUT2D eigenvalue weighted by atomic mass is 9.72. The van der Waals surface area contributed by atoms with E-state index in [9.17, 15) is 23.3 Å². The predicted octanol–water partition coefficient (Wildman–Crippen LogP) is 7.51. The van der Waals surface area contributed by atoms with Crippen molar-refractivity contribution in [3.05, 3.63) is 109 Å². The molecule has 7 rings (SSSR count). The second kappa shape index (κ2) is 18.5. The van der Waals surface area contributed by atoms with Crippen molar-refractivity contribution in [2.24, 2.45) is 5.41 Å². The van der Waals surface area contributed by atoms with Crippen LogP contribution in [-0.2, 0) is 19.5 Å². The van der Waals surface area contributed by atoms with E-state index < -0.39 is 31.4 Å². The second-order valence-corrected chi connectivity index (χ2v) is 18.8. The van der Waals surface area contributed by atoms with Gasteiger partial charge in [0.05, 0.1) is 52.0 Å². The van der Waals surface area contributed by atoms with Crippen LogP contribution in [0.25, 0.3) is 5.57 Å². The molecule has 318 valence electrons. The molecule has 1 aromatic heterocycles. The minimum Gasteiger partial charge on any atom is -0.455 e. The molecule has 1 aliphatic carbocycles. The van der Waals surface area contributed by atoms with Gasteiger partial charge < -0.3 is 30.2 Å². The Kier molecular flexibility index (Phi) is 13.3. The lowest BCUT2D eigenvalue weighted by molar-refractivity contribution is -0.384. The molecule has 1 atom stereocenters. The van der Waals surface area contributed by atoms with E-state index in [4.69, 9.17) is 31.5 Å². The largest absolute Gasteiger partial charge is 0.455 e. The van der Waals surface area contributed by atoms with Gasteiger partial charge in [-0.3, -0.25) is 19.8 Å². The molecule has 1 unspecified atom stereocenters. The lowest BCUT2D eigenvalue weighted by Crippen LogP contribution is -2.47. The number of piperazine rings is 1. The van der Waals surface area contributed by atoms with E-state index in [1.807, 2.05) is 12.1 Å². The number of nitrogens with one attached hydrogen (secondary N) is 2. The second-order valence-electron chi connectivity index (χ2n) is 15.8. The minimum atomic E-state index is -4.59. The van der Waals surface area contributed by atoms with Gasteiger partial charge in [0.2, 0.25) is 0 Å². The summed E-state index contributed by atoms with van der Waals surface area (Å²) >= 11 is 9.58. The highest BCUT2D eigenvalue weighted by molar-refractivity contribution is 9.10. The third kappa shape index (κ3) is 10.6. The number of rotatable bonds is 13. The van der Waals surface area contributed by atoms with Gasteiger partial charge in [-0.1, -0.05) is 43.2 Å². The van der Waals surface area contributed by atoms with Crippen molar-refractivity contribution in [3.8, 4) is 11.5 Å². The molecule has 0 spiro atoms. The number of allylic oxidation sites excluding steroid dienone is 1. The van der Waals surface area contributed by atoms with Crippen molar-refractivity contribution in [1.82, 2.24) is 14.6 Å². The minimum absolute atomic E-state index is 0.0723. The van der Waals surface area contributed by atoms with Gasteiger partial charge in [0.15, 0.2) is 0 Å². The van der Waals surface area contributed by atoms with Crippen molar-refractivity contribution in [2.45, 2.75) is 44.1 Å². The molecule has 3 aliphatic rings. The van der Waals surface area contributed by atoms with Gasteiger partial charge >= 0.3 is 0 Å². The van der Waals surface area contributed by atoms with E-state index in [2.05, 4.69) is 66.7 Å². The Morgan fingerprint density at radius 1 is 1.08 bits per heavy atom. The molecule has 2 saturated heterocycles. The lowest BCUT2D eigenvalue weighted by Gasteiger charge is -2.39. The summed E-state index contributed by atoms with van der Waals surface area (Å²) < 4.78 is 46.9. The fourth-order valence-electron chi connectivity index (χ4n) is 7.58. The molecule has 2 aliphatic heterocycles. The molecular weight excluding hydrogens is 878 g/mol. The predicted molar refractivity (Wildman–Crippen MR) is 234 cm³/mol. The number of hydrogen-bond acceptors (Lipinski definition) is 13. The SMILES string of the molecule is CC1(C)CCC(CN2CCN(c3ccc(C(=O)NS(=O)(=O)c4ccc(NCC5COCCO5)c([N+](=O)[O-])c4)c(Oc4cnc(N)c(Br)c4)c3)CC2)=C(c2ccc(Cl)cc2)C1. The number of amides is 1. The van der Waals surface area contributed by atoms with Crippen LogP contribution in [0.15, 0.2) is 87.9 Å². The Labute approximate surface area is 362 Å². The smallest absolute Gasteiger partial charge is 0.293 e. The summed E-state index contributed by atoms with van der Waals surface area (Å²) in [6, 6.07) is 18.0. The zero-order chi connectivity index (χ0) is 42.6. The molecule has 0 radical (unpaired) electrons. The molecule has 3 heterocycles. The van der Waals surface area contributed by atoms with E-state index >= 15 is 0 Å². The number of nitro benzene ring substituents is 1. The van der Waals surface area contributed by atoms with Gasteiger partial charge in [-0.2, -0.15) is 0 Å². The number of benzene rings is 3. The van der Waals surface area contributed by atoms with E-state index in [0.717, 1.165) is 55.7 Å². The number of nitrogens with zero attached hydrogens (tertiary/aromatic N) is 4. The average Bonchev–Trinajstić information content (AvgIpc) is 3.22. The molecule has 1 amide bonds. The van der Waals surface area contributed by atoms with Crippen LogP contribution in [0, 0.1) is 15.5 Å². The number of sulfonamides is 1. The van der Waals surface area contributed by atoms with Gasteiger partial charge in [-0.05, 0) is 88.1 Å². The fraction of sp³-hybridized carbons (Fsp3) is 0.381. The van der Waals surface area contributed by atoms with Crippen molar-refractivity contribution in [3.63, 3.8) is 0 Å². The van der Waals surface area contributed by atoms with Crippen LogP contribution in [0.3, 0.4) is 0 Å². The summed E-state index contributed by atoms with van der Waals surface area (Å²) in [7, 11) is -4.59. The number of carbonyl (C=O) groups excluding carboxylic acids is 1. The van der Waals surface area contributed by atoms with Crippen LogP contribution >= 0.6 is 27.5 Å². The first-order valence-electron chi connectivity index (χ1n) is 19.6. The van der Waals surface area contributed by atoms with Crippen LogP contribution in [0.4, 0.5) is 22.9 Å². The summed E-state index contributed by atoms with van der Waals surface area (Å²) in [5, 5.41) is 15.7. The molecule has 2 fully saturated rings. The number of aromatic nitrogens is 1. The summed E-state index contributed by atoms with van der Waals surface area (Å²) in [6.07, 6.45) is 4.23.